The third-order valence-corrected chi connectivity index (χ3v) is 2.96. The molecule has 1 aromatic rings. The first-order valence-corrected chi connectivity index (χ1v) is 6.19. The summed E-state index contributed by atoms with van der Waals surface area (Å²) in [5, 5.41) is 0. The van der Waals surface area contributed by atoms with Crippen LogP contribution in [0.2, 0.25) is 0 Å². The molecule has 0 aliphatic heterocycles. The van der Waals surface area contributed by atoms with Crippen LogP contribution in [0.5, 0.6) is 0 Å². The first-order valence-electron chi connectivity index (χ1n) is 6.19. The Bertz CT molecular complexity index is 359. The Hall–Kier alpha value is -1.09. The average Bonchev–Trinajstić information content (AvgIpc) is 2.64. The zero-order chi connectivity index (χ0) is 12.9. The summed E-state index contributed by atoms with van der Waals surface area (Å²) in [6.07, 6.45) is 3.04. The monoisotopic (exact) mass is 237 g/mol. The van der Waals surface area contributed by atoms with Crippen LogP contribution in [0.25, 0.3) is 0 Å². The molecule has 1 unspecified atom stereocenters. The van der Waals surface area contributed by atoms with Crippen LogP contribution in [0.4, 0.5) is 0 Å². The van der Waals surface area contributed by atoms with Crippen molar-refractivity contribution in [2.75, 3.05) is 13.6 Å². The van der Waals surface area contributed by atoms with Crippen LogP contribution in [-0.4, -0.2) is 24.8 Å². The Morgan fingerprint density at radius 2 is 2.18 bits per heavy atom. The maximum Gasteiger partial charge on any atom is 0.127 e. The summed E-state index contributed by atoms with van der Waals surface area (Å²) < 4.78 is 5.53. The summed E-state index contributed by atoms with van der Waals surface area (Å²) >= 11 is 0. The zero-order valence-electron chi connectivity index (χ0n) is 11.3. The number of aldehydes is 1. The second kappa shape index (κ2) is 6.01. The Morgan fingerprint density at radius 3 is 2.65 bits per heavy atom. The van der Waals surface area contributed by atoms with Crippen molar-refractivity contribution in [1.29, 1.82) is 0 Å². The summed E-state index contributed by atoms with van der Waals surface area (Å²) in [6.45, 7) is 7.59. The molecule has 0 N–H and O–H groups in total. The van der Waals surface area contributed by atoms with E-state index >= 15 is 0 Å². The Balaban J connectivity index is 2.53. The molecule has 17 heavy (non-hydrogen) atoms. The van der Waals surface area contributed by atoms with Crippen molar-refractivity contribution in [2.45, 2.75) is 40.2 Å². The molecule has 96 valence electrons. The molecule has 0 aliphatic rings. The van der Waals surface area contributed by atoms with Gasteiger partial charge in [0.2, 0.25) is 0 Å². The number of nitrogens with zero attached hydrogens (tertiary/aromatic N) is 1. The second-order valence-corrected chi connectivity index (χ2v) is 5.21. The lowest BCUT2D eigenvalue weighted by atomic mass is 9.87. The van der Waals surface area contributed by atoms with Crippen LogP contribution in [0.3, 0.4) is 0 Å². The molecule has 1 rings (SSSR count). The van der Waals surface area contributed by atoms with E-state index in [1.807, 2.05) is 33.0 Å². The van der Waals surface area contributed by atoms with E-state index in [9.17, 15) is 4.79 Å². The van der Waals surface area contributed by atoms with Gasteiger partial charge in [-0.15, -0.1) is 0 Å². The van der Waals surface area contributed by atoms with E-state index in [0.717, 1.165) is 43.7 Å². The van der Waals surface area contributed by atoms with Gasteiger partial charge < -0.3 is 9.21 Å². The lowest BCUT2D eigenvalue weighted by Gasteiger charge is -2.28. The fourth-order valence-electron chi connectivity index (χ4n) is 2.26. The van der Waals surface area contributed by atoms with Crippen molar-refractivity contribution in [3.8, 4) is 0 Å². The Labute approximate surface area is 104 Å². The van der Waals surface area contributed by atoms with E-state index in [1.54, 1.807) is 0 Å². The third kappa shape index (κ3) is 4.35. The molecule has 0 saturated carbocycles. The van der Waals surface area contributed by atoms with Crippen LogP contribution in [0, 0.1) is 12.3 Å². The highest BCUT2D eigenvalue weighted by molar-refractivity contribution is 5.58. The molecule has 0 amide bonds. The SMILES string of the molecule is CCCC(C)(C=O)CN(C)Cc1ccc(C)o1. The van der Waals surface area contributed by atoms with Gasteiger partial charge in [0.1, 0.15) is 17.8 Å². The van der Waals surface area contributed by atoms with Crippen molar-refractivity contribution in [3.05, 3.63) is 23.7 Å². The van der Waals surface area contributed by atoms with Gasteiger partial charge >= 0.3 is 0 Å². The average molecular weight is 237 g/mol. The number of hydrogen-bond donors (Lipinski definition) is 0. The van der Waals surface area contributed by atoms with Crippen molar-refractivity contribution < 1.29 is 9.21 Å². The van der Waals surface area contributed by atoms with E-state index in [4.69, 9.17) is 4.42 Å². The molecule has 0 saturated heterocycles. The molecule has 0 fully saturated rings. The Kier molecular flexibility index (Phi) is 4.94. The number of carbonyl (C=O) groups excluding carboxylic acids is 1. The largest absolute Gasteiger partial charge is 0.465 e. The molecular formula is C14H23NO2. The summed E-state index contributed by atoms with van der Waals surface area (Å²) in [7, 11) is 2.02. The number of rotatable bonds is 7. The van der Waals surface area contributed by atoms with E-state index in [-0.39, 0.29) is 5.41 Å². The van der Waals surface area contributed by atoms with Gasteiger partial charge in [0.05, 0.1) is 6.54 Å². The van der Waals surface area contributed by atoms with Crippen molar-refractivity contribution in [1.82, 2.24) is 4.90 Å². The van der Waals surface area contributed by atoms with Gasteiger partial charge in [-0.1, -0.05) is 20.3 Å². The molecule has 1 heterocycles. The molecule has 3 nitrogen and oxygen atoms in total. The number of furan rings is 1. The third-order valence-electron chi connectivity index (χ3n) is 2.96. The van der Waals surface area contributed by atoms with Crippen LogP contribution in [-0.2, 0) is 11.3 Å². The highest BCUT2D eigenvalue weighted by Gasteiger charge is 2.24. The van der Waals surface area contributed by atoms with Crippen LogP contribution >= 0.6 is 0 Å². The lowest BCUT2D eigenvalue weighted by Crippen LogP contribution is -2.34. The number of aryl methyl sites for hydroxylation is 1. The zero-order valence-corrected chi connectivity index (χ0v) is 11.3. The minimum atomic E-state index is -0.245. The molecule has 0 bridgehead atoms. The van der Waals surface area contributed by atoms with Crippen molar-refractivity contribution in [3.63, 3.8) is 0 Å². The predicted octanol–water partition coefficient (Wildman–Crippen LogP) is 3.03. The summed E-state index contributed by atoms with van der Waals surface area (Å²) in [5.41, 5.74) is -0.245. The molecule has 0 aromatic carbocycles. The van der Waals surface area contributed by atoms with Crippen molar-refractivity contribution in [2.24, 2.45) is 5.41 Å². The molecule has 0 spiro atoms. The van der Waals surface area contributed by atoms with E-state index < -0.39 is 0 Å². The fraction of sp³-hybridized carbons (Fsp3) is 0.643. The quantitative estimate of drug-likeness (QED) is 0.683. The van der Waals surface area contributed by atoms with Crippen molar-refractivity contribution >= 4 is 6.29 Å². The molecule has 1 aromatic heterocycles. The number of hydrogen-bond acceptors (Lipinski definition) is 3. The van der Waals surface area contributed by atoms with Crippen LogP contribution in [0.1, 0.15) is 38.2 Å². The first-order chi connectivity index (χ1) is 7.99. The van der Waals surface area contributed by atoms with Gasteiger partial charge in [-0.05, 0) is 32.5 Å². The lowest BCUT2D eigenvalue weighted by molar-refractivity contribution is -0.116. The molecule has 1 atom stereocenters. The van der Waals surface area contributed by atoms with Gasteiger partial charge in [-0.25, -0.2) is 0 Å². The van der Waals surface area contributed by atoms with Gasteiger partial charge in [-0.2, -0.15) is 0 Å². The van der Waals surface area contributed by atoms with E-state index in [1.165, 1.54) is 0 Å². The molecule has 0 radical (unpaired) electrons. The standard InChI is InChI=1S/C14H23NO2/c1-5-8-14(3,11-16)10-15(4)9-13-7-6-12(2)17-13/h6-7,11H,5,8-10H2,1-4H3. The van der Waals surface area contributed by atoms with E-state index in [0.29, 0.717) is 0 Å². The summed E-state index contributed by atoms with van der Waals surface area (Å²) in [4.78, 5) is 13.3. The smallest absolute Gasteiger partial charge is 0.127 e. The van der Waals surface area contributed by atoms with Gasteiger partial charge in [-0.3, -0.25) is 4.90 Å². The first kappa shape index (κ1) is 14.0. The van der Waals surface area contributed by atoms with Gasteiger partial charge in [0.25, 0.3) is 0 Å². The second-order valence-electron chi connectivity index (χ2n) is 5.21. The molecule has 0 aliphatic carbocycles. The van der Waals surface area contributed by atoms with Gasteiger partial charge in [0.15, 0.2) is 0 Å². The maximum atomic E-state index is 11.2. The highest BCUT2D eigenvalue weighted by Crippen LogP contribution is 2.22. The minimum Gasteiger partial charge on any atom is -0.465 e. The van der Waals surface area contributed by atoms with Gasteiger partial charge in [0, 0.05) is 12.0 Å². The number of carbonyl (C=O) groups is 1. The van der Waals surface area contributed by atoms with E-state index in [2.05, 4.69) is 11.8 Å². The maximum absolute atomic E-state index is 11.2. The summed E-state index contributed by atoms with van der Waals surface area (Å²) in [6, 6.07) is 3.96. The van der Waals surface area contributed by atoms with Crippen LogP contribution in [0.15, 0.2) is 16.5 Å². The predicted molar refractivity (Wildman–Crippen MR) is 68.9 cm³/mol. The molecular weight excluding hydrogens is 214 g/mol. The molecule has 3 heteroatoms. The summed E-state index contributed by atoms with van der Waals surface area (Å²) in [5.74, 6) is 1.88. The fourth-order valence-corrected chi connectivity index (χ4v) is 2.26. The van der Waals surface area contributed by atoms with Crippen LogP contribution < -0.4 is 0 Å². The Morgan fingerprint density at radius 1 is 1.47 bits per heavy atom. The highest BCUT2D eigenvalue weighted by atomic mass is 16.3. The topological polar surface area (TPSA) is 33.5 Å². The minimum absolute atomic E-state index is 0.245. The normalized spacial score (nSPS) is 14.9.